The van der Waals surface area contributed by atoms with Gasteiger partial charge in [0.05, 0.1) is 5.39 Å². The minimum absolute atomic E-state index is 0.0882. The van der Waals surface area contributed by atoms with Gasteiger partial charge in [-0.25, -0.2) is 9.78 Å². The molecule has 140 valence electrons. The van der Waals surface area contributed by atoms with Gasteiger partial charge >= 0.3 is 5.97 Å². The van der Waals surface area contributed by atoms with Crippen molar-refractivity contribution in [1.82, 2.24) is 9.97 Å². The molecule has 1 N–H and O–H groups in total. The zero-order chi connectivity index (χ0) is 18.8. The first kappa shape index (κ1) is 17.7. The number of H-pyrrole nitrogens is 1. The topological polar surface area (TPSA) is 81.3 Å². The number of hydrogen-bond donors (Lipinski definition) is 1. The van der Waals surface area contributed by atoms with E-state index in [1.165, 1.54) is 4.88 Å². The highest BCUT2D eigenvalue weighted by Crippen LogP contribution is 2.33. The van der Waals surface area contributed by atoms with Gasteiger partial charge in [0, 0.05) is 4.88 Å². The number of esters is 1. The number of carbonyl (C=O) groups excluding carboxylic acids is 1. The second-order valence-corrected chi connectivity index (χ2v) is 7.67. The maximum Gasteiger partial charge on any atom is 0.347 e. The predicted molar refractivity (Wildman–Crippen MR) is 103 cm³/mol. The molecule has 0 spiro atoms. The Balaban J connectivity index is 1.46. The van der Waals surface area contributed by atoms with Crippen LogP contribution in [0.15, 0.2) is 35.1 Å². The summed E-state index contributed by atoms with van der Waals surface area (Å²) in [5, 5.41) is 0.700. The fraction of sp³-hybridized carbons (Fsp3) is 0.350. The van der Waals surface area contributed by atoms with Crippen LogP contribution in [0.2, 0.25) is 0 Å². The number of aromatic amines is 1. The van der Waals surface area contributed by atoms with Crippen molar-refractivity contribution < 1.29 is 14.3 Å². The van der Waals surface area contributed by atoms with Gasteiger partial charge in [0.15, 0.2) is 6.10 Å². The highest BCUT2D eigenvalue weighted by atomic mass is 32.1. The smallest absolute Gasteiger partial charge is 0.347 e. The van der Waals surface area contributed by atoms with Crippen LogP contribution in [-0.4, -0.2) is 22.0 Å². The van der Waals surface area contributed by atoms with E-state index in [1.807, 2.05) is 18.2 Å². The Kier molecular flexibility index (Phi) is 4.94. The number of ether oxygens (including phenoxy) is 2. The molecule has 3 aromatic rings. The van der Waals surface area contributed by atoms with Crippen LogP contribution in [0.5, 0.6) is 5.75 Å². The van der Waals surface area contributed by atoms with E-state index < -0.39 is 12.1 Å². The molecule has 7 heteroatoms. The summed E-state index contributed by atoms with van der Waals surface area (Å²) in [5.74, 6) is 0.442. The maximum atomic E-state index is 12.5. The van der Waals surface area contributed by atoms with Crippen molar-refractivity contribution in [3.63, 3.8) is 0 Å². The Hall–Kier alpha value is -2.67. The van der Waals surface area contributed by atoms with E-state index >= 15 is 0 Å². The van der Waals surface area contributed by atoms with E-state index in [9.17, 15) is 9.59 Å². The van der Waals surface area contributed by atoms with Gasteiger partial charge in [-0.15, -0.1) is 11.3 Å². The Morgan fingerprint density at radius 2 is 2.04 bits per heavy atom. The van der Waals surface area contributed by atoms with Crippen LogP contribution in [-0.2, 0) is 29.0 Å². The van der Waals surface area contributed by atoms with Crippen molar-refractivity contribution in [2.24, 2.45) is 0 Å². The average Bonchev–Trinajstić information content (AvgIpc) is 3.05. The van der Waals surface area contributed by atoms with E-state index in [1.54, 1.807) is 30.4 Å². The van der Waals surface area contributed by atoms with Crippen molar-refractivity contribution in [1.29, 1.82) is 0 Å². The van der Waals surface area contributed by atoms with Gasteiger partial charge in [0.2, 0.25) is 0 Å². The number of carbonyl (C=O) groups is 1. The second kappa shape index (κ2) is 7.52. The molecule has 0 radical (unpaired) electrons. The summed E-state index contributed by atoms with van der Waals surface area (Å²) in [7, 11) is 0. The number of nitrogens with zero attached hydrogens (tertiary/aromatic N) is 1. The van der Waals surface area contributed by atoms with Crippen LogP contribution < -0.4 is 10.3 Å². The summed E-state index contributed by atoms with van der Waals surface area (Å²) < 4.78 is 10.8. The van der Waals surface area contributed by atoms with Crippen molar-refractivity contribution in [2.45, 2.75) is 45.3 Å². The lowest BCUT2D eigenvalue weighted by Gasteiger charge is -2.13. The van der Waals surface area contributed by atoms with Gasteiger partial charge in [-0.2, -0.15) is 0 Å². The first-order valence-electron chi connectivity index (χ1n) is 9.03. The molecule has 0 unspecified atom stereocenters. The standard InChI is InChI=1S/C20H20N2O4S/c1-12(26-13-7-3-2-4-8-13)20(24)25-11-16-21-18(23)17-14-9-5-6-10-15(14)27-19(17)22-16/h2-4,7-8,12H,5-6,9-11H2,1H3,(H,21,22,23)/t12-/m1/s1. The zero-order valence-corrected chi connectivity index (χ0v) is 15.8. The lowest BCUT2D eigenvalue weighted by molar-refractivity contribution is -0.152. The highest BCUT2D eigenvalue weighted by Gasteiger charge is 2.21. The van der Waals surface area contributed by atoms with Crippen LogP contribution in [0.25, 0.3) is 10.2 Å². The third kappa shape index (κ3) is 3.73. The number of nitrogens with one attached hydrogen (secondary N) is 1. The number of aromatic nitrogens is 2. The molecule has 0 aliphatic heterocycles. The van der Waals surface area contributed by atoms with Crippen LogP contribution in [0.1, 0.15) is 36.0 Å². The van der Waals surface area contributed by atoms with E-state index in [0.717, 1.165) is 36.1 Å². The molecular formula is C20H20N2O4S. The SMILES string of the molecule is C[C@@H](Oc1ccccc1)C(=O)OCc1nc2sc3c(c2c(=O)[nH]1)CCCC3. The van der Waals surface area contributed by atoms with E-state index in [-0.39, 0.29) is 12.2 Å². The predicted octanol–water partition coefficient (Wildman–Crippen LogP) is 3.37. The van der Waals surface area contributed by atoms with Crippen LogP contribution in [0.3, 0.4) is 0 Å². The number of thiophene rings is 1. The summed E-state index contributed by atoms with van der Waals surface area (Å²) in [5.41, 5.74) is 0.988. The Morgan fingerprint density at radius 3 is 2.85 bits per heavy atom. The summed E-state index contributed by atoms with van der Waals surface area (Å²) in [6.45, 7) is 1.54. The molecule has 1 aliphatic rings. The third-order valence-corrected chi connectivity index (χ3v) is 5.80. The van der Waals surface area contributed by atoms with E-state index in [0.29, 0.717) is 17.0 Å². The molecule has 0 saturated carbocycles. The minimum Gasteiger partial charge on any atom is -0.479 e. The van der Waals surface area contributed by atoms with Crippen molar-refractivity contribution in [3.8, 4) is 5.75 Å². The summed E-state index contributed by atoms with van der Waals surface area (Å²) in [6, 6.07) is 9.08. The molecule has 1 aliphatic carbocycles. The summed E-state index contributed by atoms with van der Waals surface area (Å²) >= 11 is 1.57. The number of para-hydroxylation sites is 1. The van der Waals surface area contributed by atoms with Crippen molar-refractivity contribution >= 4 is 27.5 Å². The minimum atomic E-state index is -0.753. The van der Waals surface area contributed by atoms with Crippen LogP contribution >= 0.6 is 11.3 Å². The number of aryl methyl sites for hydroxylation is 2. The molecule has 1 aromatic carbocycles. The average molecular weight is 384 g/mol. The Morgan fingerprint density at radius 1 is 1.26 bits per heavy atom. The van der Waals surface area contributed by atoms with Gasteiger partial charge in [-0.05, 0) is 50.3 Å². The monoisotopic (exact) mass is 384 g/mol. The number of hydrogen-bond acceptors (Lipinski definition) is 6. The normalized spacial score (nSPS) is 14.6. The molecule has 0 bridgehead atoms. The molecule has 1 atom stereocenters. The number of rotatable bonds is 5. The van der Waals surface area contributed by atoms with Crippen LogP contribution in [0.4, 0.5) is 0 Å². The summed E-state index contributed by atoms with van der Waals surface area (Å²) in [6.07, 6.45) is 3.45. The lowest BCUT2D eigenvalue weighted by Crippen LogP contribution is -2.26. The molecule has 2 aromatic heterocycles. The second-order valence-electron chi connectivity index (χ2n) is 6.58. The van der Waals surface area contributed by atoms with Gasteiger partial charge in [-0.3, -0.25) is 4.79 Å². The molecule has 2 heterocycles. The first-order valence-corrected chi connectivity index (χ1v) is 9.85. The molecule has 4 rings (SSSR count). The highest BCUT2D eigenvalue weighted by molar-refractivity contribution is 7.18. The van der Waals surface area contributed by atoms with E-state index in [2.05, 4.69) is 9.97 Å². The number of benzene rings is 1. The summed E-state index contributed by atoms with van der Waals surface area (Å²) in [4.78, 5) is 33.9. The Bertz CT molecular complexity index is 1030. The van der Waals surface area contributed by atoms with Crippen molar-refractivity contribution in [2.75, 3.05) is 0 Å². The van der Waals surface area contributed by atoms with Crippen LogP contribution in [0, 0.1) is 0 Å². The molecule has 27 heavy (non-hydrogen) atoms. The van der Waals surface area contributed by atoms with Gasteiger partial charge in [-0.1, -0.05) is 18.2 Å². The van der Waals surface area contributed by atoms with Gasteiger partial charge in [0.1, 0.15) is 23.0 Å². The zero-order valence-electron chi connectivity index (χ0n) is 15.0. The van der Waals surface area contributed by atoms with E-state index in [4.69, 9.17) is 9.47 Å². The third-order valence-electron chi connectivity index (χ3n) is 4.61. The molecular weight excluding hydrogens is 364 g/mol. The fourth-order valence-electron chi connectivity index (χ4n) is 3.28. The van der Waals surface area contributed by atoms with Gasteiger partial charge in [0.25, 0.3) is 5.56 Å². The lowest BCUT2D eigenvalue weighted by atomic mass is 9.97. The maximum absolute atomic E-state index is 12.5. The molecule has 0 amide bonds. The quantitative estimate of drug-likeness (QED) is 0.682. The van der Waals surface area contributed by atoms with Crippen molar-refractivity contribution in [3.05, 3.63) is 57.0 Å². The molecule has 0 fully saturated rings. The number of fused-ring (bicyclic) bond motifs is 3. The fourth-order valence-corrected chi connectivity index (χ4v) is 4.57. The van der Waals surface area contributed by atoms with Gasteiger partial charge < -0.3 is 14.5 Å². The molecule has 6 nitrogen and oxygen atoms in total. The Labute approximate surface area is 160 Å². The largest absolute Gasteiger partial charge is 0.479 e. The molecule has 0 saturated heterocycles. The first-order chi connectivity index (χ1) is 13.1.